The number of benzene rings is 2. The molecule has 2 saturated heterocycles. The number of H-pyrrole nitrogens is 1. The van der Waals surface area contributed by atoms with Crippen LogP contribution in [0.2, 0.25) is 0 Å². The van der Waals surface area contributed by atoms with E-state index in [1.165, 1.54) is 63.0 Å². The fourth-order valence-electron chi connectivity index (χ4n) is 5.44. The lowest BCUT2D eigenvalue weighted by molar-refractivity contribution is 0.127. The summed E-state index contributed by atoms with van der Waals surface area (Å²) in [6, 6.07) is 11.4. The van der Waals surface area contributed by atoms with E-state index in [9.17, 15) is 0 Å². The van der Waals surface area contributed by atoms with Gasteiger partial charge in [0, 0.05) is 11.6 Å². The number of hydrogen-bond donors (Lipinski definition) is 2. The van der Waals surface area contributed by atoms with E-state index in [1.807, 2.05) is 18.2 Å². The summed E-state index contributed by atoms with van der Waals surface area (Å²) < 4.78 is 10.8. The fraction of sp³-hybridized carbons (Fsp3) is 0.500. The maximum atomic E-state index is 5.47. The molecular formula is C26H34N4O2. The summed E-state index contributed by atoms with van der Waals surface area (Å²) in [5.41, 5.74) is 5.84. The summed E-state index contributed by atoms with van der Waals surface area (Å²) in [5, 5.41) is 3.49. The second-order valence-electron chi connectivity index (χ2n) is 9.18. The number of aryl methyl sites for hydroxylation is 1. The molecule has 3 heterocycles. The van der Waals surface area contributed by atoms with Crippen LogP contribution in [0.5, 0.6) is 11.5 Å². The number of piperidine rings is 2. The van der Waals surface area contributed by atoms with E-state index in [1.54, 1.807) is 14.2 Å². The first-order valence-corrected chi connectivity index (χ1v) is 11.8. The highest BCUT2D eigenvalue weighted by Crippen LogP contribution is 2.35. The Morgan fingerprint density at radius 1 is 0.938 bits per heavy atom. The van der Waals surface area contributed by atoms with Crippen molar-refractivity contribution in [2.45, 2.75) is 44.6 Å². The molecular weight excluding hydrogens is 400 g/mol. The number of hydrogen-bond acceptors (Lipinski definition) is 5. The van der Waals surface area contributed by atoms with Crippen LogP contribution in [0.3, 0.4) is 0 Å². The SMILES string of the molecule is COc1ccc(-c2nc3c(C)cc(C4CCN(C5CCNCC5)CC4)cc3[nH]2)cc1OC. The van der Waals surface area contributed by atoms with Gasteiger partial charge < -0.3 is 24.7 Å². The van der Waals surface area contributed by atoms with Crippen LogP contribution in [0.25, 0.3) is 22.4 Å². The molecule has 32 heavy (non-hydrogen) atoms. The molecule has 2 aromatic carbocycles. The molecule has 2 aliphatic heterocycles. The summed E-state index contributed by atoms with van der Waals surface area (Å²) in [5.74, 6) is 2.93. The Bertz CT molecular complexity index is 1080. The predicted molar refractivity (Wildman–Crippen MR) is 129 cm³/mol. The number of aromatic nitrogens is 2. The van der Waals surface area contributed by atoms with Crippen molar-refractivity contribution in [3.05, 3.63) is 41.5 Å². The molecule has 5 rings (SSSR count). The molecule has 2 N–H and O–H groups in total. The highest BCUT2D eigenvalue weighted by atomic mass is 16.5. The molecule has 0 bridgehead atoms. The van der Waals surface area contributed by atoms with Gasteiger partial charge in [-0.2, -0.15) is 0 Å². The first kappa shape index (κ1) is 21.3. The average Bonchev–Trinajstić information content (AvgIpc) is 3.29. The third-order valence-electron chi connectivity index (χ3n) is 7.28. The zero-order chi connectivity index (χ0) is 22.1. The molecule has 3 aromatic rings. The van der Waals surface area contributed by atoms with Crippen LogP contribution in [0, 0.1) is 6.92 Å². The normalized spacial score (nSPS) is 18.8. The van der Waals surface area contributed by atoms with E-state index in [4.69, 9.17) is 14.5 Å². The minimum Gasteiger partial charge on any atom is -0.493 e. The Labute approximate surface area is 190 Å². The Morgan fingerprint density at radius 3 is 2.41 bits per heavy atom. The van der Waals surface area contributed by atoms with Crippen LogP contribution >= 0.6 is 0 Å². The molecule has 6 heteroatoms. The molecule has 0 aliphatic carbocycles. The van der Waals surface area contributed by atoms with Gasteiger partial charge in [0.2, 0.25) is 0 Å². The summed E-state index contributed by atoms with van der Waals surface area (Å²) in [6.07, 6.45) is 5.07. The lowest BCUT2D eigenvalue weighted by atomic mass is 9.87. The third kappa shape index (κ3) is 4.09. The first-order valence-electron chi connectivity index (χ1n) is 11.8. The van der Waals surface area contributed by atoms with E-state index in [0.29, 0.717) is 11.7 Å². The summed E-state index contributed by atoms with van der Waals surface area (Å²) in [6.45, 7) is 6.94. The van der Waals surface area contributed by atoms with Crippen LogP contribution in [0.1, 0.15) is 42.7 Å². The number of rotatable bonds is 5. The number of fused-ring (bicyclic) bond motifs is 1. The van der Waals surface area contributed by atoms with Gasteiger partial charge in [-0.05, 0) is 100 Å². The molecule has 0 unspecified atom stereocenters. The zero-order valence-electron chi connectivity index (χ0n) is 19.4. The van der Waals surface area contributed by atoms with Crippen molar-refractivity contribution in [3.63, 3.8) is 0 Å². The van der Waals surface area contributed by atoms with E-state index >= 15 is 0 Å². The van der Waals surface area contributed by atoms with Crippen molar-refractivity contribution in [2.24, 2.45) is 0 Å². The van der Waals surface area contributed by atoms with Crippen molar-refractivity contribution in [1.82, 2.24) is 20.2 Å². The number of ether oxygens (including phenoxy) is 2. The van der Waals surface area contributed by atoms with Crippen LogP contribution in [0.15, 0.2) is 30.3 Å². The van der Waals surface area contributed by atoms with Gasteiger partial charge in [-0.25, -0.2) is 4.98 Å². The van der Waals surface area contributed by atoms with Gasteiger partial charge in [-0.1, -0.05) is 6.07 Å². The monoisotopic (exact) mass is 434 g/mol. The predicted octanol–water partition coefficient (Wildman–Crippen LogP) is 4.49. The molecule has 0 saturated carbocycles. The van der Waals surface area contributed by atoms with Crippen LogP contribution in [-0.4, -0.2) is 61.3 Å². The number of imidazole rings is 1. The maximum Gasteiger partial charge on any atom is 0.161 e. The van der Waals surface area contributed by atoms with Crippen LogP contribution in [0.4, 0.5) is 0 Å². The summed E-state index contributed by atoms with van der Waals surface area (Å²) in [7, 11) is 3.31. The van der Waals surface area contributed by atoms with Crippen molar-refractivity contribution < 1.29 is 9.47 Å². The number of nitrogens with one attached hydrogen (secondary N) is 2. The lowest BCUT2D eigenvalue weighted by Gasteiger charge is -2.39. The van der Waals surface area contributed by atoms with Crippen molar-refractivity contribution in [1.29, 1.82) is 0 Å². The van der Waals surface area contributed by atoms with Crippen LogP contribution in [-0.2, 0) is 0 Å². The molecule has 6 nitrogen and oxygen atoms in total. The van der Waals surface area contributed by atoms with Gasteiger partial charge in [0.25, 0.3) is 0 Å². The van der Waals surface area contributed by atoms with Gasteiger partial charge in [0.05, 0.1) is 25.3 Å². The van der Waals surface area contributed by atoms with E-state index in [-0.39, 0.29) is 0 Å². The molecule has 1 aromatic heterocycles. The standard InChI is InChI=1S/C26H34N4O2/c1-17-14-20(18-8-12-30(13-9-18)21-6-10-27-11-7-21)15-22-25(17)29-26(28-22)19-4-5-23(31-2)24(16-19)32-3/h4-5,14-16,18,21,27H,6-13H2,1-3H3,(H,28,29). The van der Waals surface area contributed by atoms with E-state index in [2.05, 4.69) is 34.3 Å². The Kier molecular flexibility index (Phi) is 6.07. The Hall–Kier alpha value is -2.57. The van der Waals surface area contributed by atoms with Crippen molar-refractivity contribution >= 4 is 11.0 Å². The van der Waals surface area contributed by atoms with E-state index in [0.717, 1.165) is 34.2 Å². The Balaban J connectivity index is 1.36. The highest BCUT2D eigenvalue weighted by molar-refractivity contribution is 5.83. The molecule has 170 valence electrons. The minimum absolute atomic E-state index is 0.629. The average molecular weight is 435 g/mol. The number of likely N-dealkylation sites (tertiary alicyclic amines) is 1. The molecule has 2 fully saturated rings. The number of methoxy groups -OCH3 is 2. The topological polar surface area (TPSA) is 62.4 Å². The molecule has 0 atom stereocenters. The fourth-order valence-corrected chi connectivity index (χ4v) is 5.44. The molecule has 0 amide bonds. The van der Waals surface area contributed by atoms with Crippen molar-refractivity contribution in [2.75, 3.05) is 40.4 Å². The van der Waals surface area contributed by atoms with Crippen LogP contribution < -0.4 is 14.8 Å². The zero-order valence-corrected chi connectivity index (χ0v) is 19.4. The molecule has 2 aliphatic rings. The lowest BCUT2D eigenvalue weighted by Crippen LogP contribution is -2.46. The van der Waals surface area contributed by atoms with Gasteiger partial charge in [0.1, 0.15) is 5.82 Å². The summed E-state index contributed by atoms with van der Waals surface area (Å²) in [4.78, 5) is 11.2. The molecule has 0 radical (unpaired) electrons. The summed E-state index contributed by atoms with van der Waals surface area (Å²) >= 11 is 0. The highest BCUT2D eigenvalue weighted by Gasteiger charge is 2.27. The van der Waals surface area contributed by atoms with E-state index < -0.39 is 0 Å². The first-order chi connectivity index (χ1) is 15.7. The number of aromatic amines is 1. The van der Waals surface area contributed by atoms with Gasteiger partial charge in [-0.3, -0.25) is 0 Å². The maximum absolute atomic E-state index is 5.47. The second-order valence-corrected chi connectivity index (χ2v) is 9.18. The van der Waals surface area contributed by atoms with Crippen molar-refractivity contribution in [3.8, 4) is 22.9 Å². The van der Waals surface area contributed by atoms with Gasteiger partial charge in [-0.15, -0.1) is 0 Å². The van der Waals surface area contributed by atoms with Gasteiger partial charge >= 0.3 is 0 Å². The minimum atomic E-state index is 0.629. The third-order valence-corrected chi connectivity index (χ3v) is 7.28. The smallest absolute Gasteiger partial charge is 0.161 e. The molecule has 0 spiro atoms. The largest absolute Gasteiger partial charge is 0.493 e. The van der Waals surface area contributed by atoms with Gasteiger partial charge in [0.15, 0.2) is 11.5 Å². The Morgan fingerprint density at radius 2 is 1.69 bits per heavy atom. The quantitative estimate of drug-likeness (QED) is 0.620. The number of nitrogens with zero attached hydrogens (tertiary/aromatic N) is 2. The second kappa shape index (κ2) is 9.12.